The SMILES string of the molecule is O=C1OC(=O)C2=C1CCC2O. The van der Waals surface area contributed by atoms with Crippen LogP contribution >= 0.6 is 0 Å². The van der Waals surface area contributed by atoms with Crippen LogP contribution in [-0.4, -0.2) is 23.1 Å². The molecule has 0 saturated heterocycles. The van der Waals surface area contributed by atoms with E-state index in [9.17, 15) is 14.7 Å². The van der Waals surface area contributed by atoms with Gasteiger partial charge in [0.05, 0.1) is 17.3 Å². The van der Waals surface area contributed by atoms with E-state index in [0.717, 1.165) is 0 Å². The maximum absolute atomic E-state index is 10.8. The minimum Gasteiger partial charge on any atom is -0.388 e. The van der Waals surface area contributed by atoms with E-state index < -0.39 is 18.0 Å². The molecule has 0 saturated carbocycles. The molecule has 1 N–H and O–H groups in total. The quantitative estimate of drug-likeness (QED) is 0.378. The largest absolute Gasteiger partial charge is 0.388 e. The molecule has 58 valence electrons. The lowest BCUT2D eigenvalue weighted by Crippen LogP contribution is -2.13. The molecule has 4 nitrogen and oxygen atoms in total. The van der Waals surface area contributed by atoms with E-state index in [0.29, 0.717) is 18.4 Å². The lowest BCUT2D eigenvalue weighted by Gasteiger charge is -2.01. The van der Waals surface area contributed by atoms with Gasteiger partial charge in [0.2, 0.25) is 0 Å². The molecule has 0 aromatic carbocycles. The van der Waals surface area contributed by atoms with Crippen LogP contribution in [0.25, 0.3) is 0 Å². The van der Waals surface area contributed by atoms with Gasteiger partial charge in [0.1, 0.15) is 0 Å². The fourth-order valence-electron chi connectivity index (χ4n) is 1.43. The van der Waals surface area contributed by atoms with Gasteiger partial charge in [-0.05, 0) is 12.8 Å². The van der Waals surface area contributed by atoms with Crippen LogP contribution in [-0.2, 0) is 14.3 Å². The normalized spacial score (nSPS) is 29.4. The molecule has 0 bridgehead atoms. The topological polar surface area (TPSA) is 63.6 Å². The molecule has 1 aliphatic carbocycles. The highest BCUT2D eigenvalue weighted by Gasteiger charge is 2.40. The number of aliphatic hydroxyl groups excluding tert-OH is 1. The minimum absolute atomic E-state index is 0.176. The molecule has 0 aromatic rings. The monoisotopic (exact) mass is 154 g/mol. The maximum atomic E-state index is 10.8. The number of carbonyl (C=O) groups excluding carboxylic acids is 2. The van der Waals surface area contributed by atoms with Crippen LogP contribution in [0.5, 0.6) is 0 Å². The van der Waals surface area contributed by atoms with Gasteiger partial charge < -0.3 is 9.84 Å². The van der Waals surface area contributed by atoms with Crippen LogP contribution in [0, 0.1) is 0 Å². The first kappa shape index (κ1) is 6.54. The zero-order chi connectivity index (χ0) is 8.01. The van der Waals surface area contributed by atoms with E-state index in [4.69, 9.17) is 0 Å². The van der Waals surface area contributed by atoms with Crippen LogP contribution in [0.1, 0.15) is 12.8 Å². The van der Waals surface area contributed by atoms with Gasteiger partial charge in [-0.25, -0.2) is 9.59 Å². The molecule has 0 radical (unpaired) electrons. The second-order valence-corrected chi connectivity index (χ2v) is 2.62. The van der Waals surface area contributed by atoms with E-state index in [-0.39, 0.29) is 5.57 Å². The number of rotatable bonds is 0. The standard InChI is InChI=1S/C7H6O4/c8-4-2-1-3-5(4)7(10)11-6(3)9/h4,8H,1-2H2. The Labute approximate surface area is 62.5 Å². The van der Waals surface area contributed by atoms with Gasteiger partial charge in [-0.3, -0.25) is 0 Å². The molecule has 1 atom stereocenters. The van der Waals surface area contributed by atoms with Gasteiger partial charge in [0.15, 0.2) is 0 Å². The van der Waals surface area contributed by atoms with E-state index in [1.165, 1.54) is 0 Å². The van der Waals surface area contributed by atoms with Crippen molar-refractivity contribution in [2.45, 2.75) is 18.9 Å². The number of ether oxygens (including phenoxy) is 1. The summed E-state index contributed by atoms with van der Waals surface area (Å²) in [5.41, 5.74) is 0.539. The lowest BCUT2D eigenvalue weighted by molar-refractivity contribution is -0.151. The summed E-state index contributed by atoms with van der Waals surface area (Å²) in [6.07, 6.45) is 0.135. The number of hydrogen-bond donors (Lipinski definition) is 1. The van der Waals surface area contributed by atoms with Crippen molar-refractivity contribution in [2.75, 3.05) is 0 Å². The van der Waals surface area contributed by atoms with E-state index in [1.54, 1.807) is 0 Å². The van der Waals surface area contributed by atoms with Crippen molar-refractivity contribution in [3.8, 4) is 0 Å². The van der Waals surface area contributed by atoms with Gasteiger partial charge >= 0.3 is 11.9 Å². The molecule has 0 amide bonds. The maximum Gasteiger partial charge on any atom is 0.345 e. The zero-order valence-corrected chi connectivity index (χ0v) is 5.66. The number of aliphatic hydroxyl groups is 1. The summed E-state index contributed by atoms with van der Waals surface area (Å²) in [5, 5.41) is 9.18. The van der Waals surface area contributed by atoms with Crippen LogP contribution in [0.2, 0.25) is 0 Å². The van der Waals surface area contributed by atoms with E-state index in [2.05, 4.69) is 4.74 Å². The molecular weight excluding hydrogens is 148 g/mol. The first-order valence-corrected chi connectivity index (χ1v) is 3.38. The van der Waals surface area contributed by atoms with Crippen molar-refractivity contribution in [3.63, 3.8) is 0 Å². The van der Waals surface area contributed by atoms with Gasteiger partial charge in [-0.15, -0.1) is 0 Å². The van der Waals surface area contributed by atoms with Crippen LogP contribution in [0.4, 0.5) is 0 Å². The molecule has 0 fully saturated rings. The molecule has 0 aromatic heterocycles. The molecular formula is C7H6O4. The predicted molar refractivity (Wildman–Crippen MR) is 33.4 cm³/mol. The number of cyclic esters (lactones) is 2. The van der Waals surface area contributed by atoms with Gasteiger partial charge in [-0.2, -0.15) is 0 Å². The molecule has 1 unspecified atom stereocenters. The summed E-state index contributed by atoms with van der Waals surface area (Å²) >= 11 is 0. The van der Waals surface area contributed by atoms with Gasteiger partial charge in [-0.1, -0.05) is 0 Å². The van der Waals surface area contributed by atoms with Crippen molar-refractivity contribution < 1.29 is 19.4 Å². The van der Waals surface area contributed by atoms with Gasteiger partial charge in [0.25, 0.3) is 0 Å². The van der Waals surface area contributed by atoms with Crippen LogP contribution in [0.15, 0.2) is 11.1 Å². The third kappa shape index (κ3) is 0.728. The second-order valence-electron chi connectivity index (χ2n) is 2.62. The highest BCUT2D eigenvalue weighted by Crippen LogP contribution is 2.32. The molecule has 1 aliphatic heterocycles. The van der Waals surface area contributed by atoms with Crippen LogP contribution in [0.3, 0.4) is 0 Å². The molecule has 4 heteroatoms. The number of hydrogen-bond acceptors (Lipinski definition) is 4. The van der Waals surface area contributed by atoms with E-state index in [1.807, 2.05) is 0 Å². The summed E-state index contributed by atoms with van der Waals surface area (Å²) in [6.45, 7) is 0. The van der Waals surface area contributed by atoms with Crippen molar-refractivity contribution in [1.82, 2.24) is 0 Å². The average Bonchev–Trinajstić information content (AvgIpc) is 2.41. The highest BCUT2D eigenvalue weighted by molar-refractivity contribution is 6.13. The van der Waals surface area contributed by atoms with Crippen molar-refractivity contribution >= 4 is 11.9 Å². The molecule has 11 heavy (non-hydrogen) atoms. The lowest BCUT2D eigenvalue weighted by atomic mass is 10.2. The Balaban J connectivity index is 2.46. The van der Waals surface area contributed by atoms with Gasteiger partial charge in [0, 0.05) is 0 Å². The first-order chi connectivity index (χ1) is 5.20. The van der Waals surface area contributed by atoms with Crippen LogP contribution < -0.4 is 0 Å². The third-order valence-electron chi connectivity index (χ3n) is 1.98. The summed E-state index contributed by atoms with van der Waals surface area (Å²) in [5.74, 6) is -1.25. The molecule has 0 spiro atoms. The average molecular weight is 154 g/mol. The Kier molecular flexibility index (Phi) is 1.14. The Hall–Kier alpha value is -1.16. The first-order valence-electron chi connectivity index (χ1n) is 3.38. The van der Waals surface area contributed by atoms with E-state index >= 15 is 0 Å². The smallest absolute Gasteiger partial charge is 0.345 e. The van der Waals surface area contributed by atoms with Crippen molar-refractivity contribution in [3.05, 3.63) is 11.1 Å². The molecule has 2 aliphatic rings. The summed E-state index contributed by atoms with van der Waals surface area (Å²) < 4.78 is 4.29. The summed E-state index contributed by atoms with van der Waals surface area (Å²) in [4.78, 5) is 21.6. The van der Waals surface area contributed by atoms with Crippen molar-refractivity contribution in [1.29, 1.82) is 0 Å². The summed E-state index contributed by atoms with van der Waals surface area (Å²) in [7, 11) is 0. The Morgan fingerprint density at radius 2 is 2.09 bits per heavy atom. The highest BCUT2D eigenvalue weighted by atomic mass is 16.6. The second kappa shape index (κ2) is 1.92. The zero-order valence-electron chi connectivity index (χ0n) is 5.66. The molecule has 2 rings (SSSR count). The summed E-state index contributed by atoms with van der Waals surface area (Å²) in [6, 6.07) is 0. The fourth-order valence-corrected chi connectivity index (χ4v) is 1.43. The Morgan fingerprint density at radius 1 is 1.36 bits per heavy atom. The third-order valence-corrected chi connectivity index (χ3v) is 1.98. The number of esters is 2. The predicted octanol–water partition coefficient (Wildman–Crippen LogP) is -0.479. The number of carbonyl (C=O) groups is 2. The minimum atomic E-state index is -0.788. The fraction of sp³-hybridized carbons (Fsp3) is 0.429. The van der Waals surface area contributed by atoms with Crippen molar-refractivity contribution in [2.24, 2.45) is 0 Å². The Morgan fingerprint density at radius 3 is 2.73 bits per heavy atom. The molecule has 1 heterocycles. The Bertz CT molecular complexity index is 276.